The first kappa shape index (κ1) is 6.46. The molecule has 0 aromatic rings. The maximum absolute atomic E-state index is 4.29. The van der Waals surface area contributed by atoms with Crippen molar-refractivity contribution in [3.05, 3.63) is 11.9 Å². The van der Waals surface area contributed by atoms with Crippen LogP contribution < -0.4 is 5.32 Å². The van der Waals surface area contributed by atoms with Gasteiger partial charge in [-0.3, -0.25) is 5.32 Å². The van der Waals surface area contributed by atoms with Crippen molar-refractivity contribution in [3.63, 3.8) is 0 Å². The Morgan fingerprint density at radius 1 is 1.78 bits per heavy atom. The van der Waals surface area contributed by atoms with Crippen LogP contribution in [0, 0.1) is 0 Å². The third-order valence-electron chi connectivity index (χ3n) is 1.60. The molecule has 2 nitrogen and oxygen atoms in total. The standard InChI is InChI=1S/C7H13N2/c1-3-9(2)7-5-4-6-8-7/h5H,3-4,6H2,1-2H3. The molecule has 0 unspecified atom stereocenters. The second-order valence-electron chi connectivity index (χ2n) is 2.25. The fourth-order valence-electron chi connectivity index (χ4n) is 0.876. The lowest BCUT2D eigenvalue weighted by atomic mass is 10.4. The zero-order valence-electron chi connectivity index (χ0n) is 6.09. The molecule has 0 saturated carbocycles. The van der Waals surface area contributed by atoms with Crippen molar-refractivity contribution in [3.8, 4) is 0 Å². The van der Waals surface area contributed by atoms with Crippen molar-refractivity contribution in [1.29, 1.82) is 0 Å². The van der Waals surface area contributed by atoms with E-state index in [-0.39, 0.29) is 0 Å². The van der Waals surface area contributed by atoms with Crippen LogP contribution in [-0.2, 0) is 0 Å². The highest BCUT2D eigenvalue weighted by atomic mass is 15.2. The summed E-state index contributed by atoms with van der Waals surface area (Å²) in [5.41, 5.74) is 0. The molecule has 0 saturated heterocycles. The molecule has 0 aliphatic carbocycles. The van der Waals surface area contributed by atoms with Crippen LogP contribution in [0.15, 0.2) is 11.9 Å². The Balaban J connectivity index is 2.40. The van der Waals surface area contributed by atoms with Gasteiger partial charge in [-0.05, 0) is 19.4 Å². The van der Waals surface area contributed by atoms with Crippen LogP contribution in [0.2, 0.25) is 0 Å². The predicted octanol–water partition coefficient (Wildman–Crippen LogP) is 0.788. The van der Waals surface area contributed by atoms with Crippen LogP contribution in [0.3, 0.4) is 0 Å². The molecule has 1 rings (SSSR count). The first-order valence-electron chi connectivity index (χ1n) is 3.43. The second-order valence-corrected chi connectivity index (χ2v) is 2.25. The molecule has 1 aliphatic heterocycles. The quantitative estimate of drug-likeness (QED) is 0.533. The van der Waals surface area contributed by atoms with Crippen LogP contribution in [0.1, 0.15) is 13.3 Å². The van der Waals surface area contributed by atoms with Gasteiger partial charge in [-0.2, -0.15) is 0 Å². The largest absolute Gasteiger partial charge is 0.361 e. The van der Waals surface area contributed by atoms with Gasteiger partial charge in [0, 0.05) is 20.1 Å². The monoisotopic (exact) mass is 125 g/mol. The highest BCUT2D eigenvalue weighted by Gasteiger charge is 2.06. The van der Waals surface area contributed by atoms with Gasteiger partial charge in [0.15, 0.2) is 0 Å². The molecular weight excluding hydrogens is 112 g/mol. The van der Waals surface area contributed by atoms with Gasteiger partial charge < -0.3 is 4.90 Å². The SMILES string of the molecule is CCN(C)C1=CCC[N]1. The van der Waals surface area contributed by atoms with Crippen molar-refractivity contribution >= 4 is 0 Å². The summed E-state index contributed by atoms with van der Waals surface area (Å²) < 4.78 is 0. The van der Waals surface area contributed by atoms with Crippen LogP contribution in [0.4, 0.5) is 0 Å². The maximum Gasteiger partial charge on any atom is 0.119 e. The summed E-state index contributed by atoms with van der Waals surface area (Å²) in [5, 5.41) is 4.29. The third-order valence-corrected chi connectivity index (χ3v) is 1.60. The van der Waals surface area contributed by atoms with E-state index in [1.165, 1.54) is 0 Å². The molecule has 9 heavy (non-hydrogen) atoms. The molecule has 0 bridgehead atoms. The van der Waals surface area contributed by atoms with E-state index in [4.69, 9.17) is 0 Å². The maximum atomic E-state index is 4.29. The van der Waals surface area contributed by atoms with Crippen molar-refractivity contribution < 1.29 is 0 Å². The molecular formula is C7H13N2. The first-order valence-corrected chi connectivity index (χ1v) is 3.43. The number of hydrogen-bond donors (Lipinski definition) is 0. The smallest absolute Gasteiger partial charge is 0.119 e. The van der Waals surface area contributed by atoms with Gasteiger partial charge >= 0.3 is 0 Å². The molecule has 51 valence electrons. The van der Waals surface area contributed by atoms with Gasteiger partial charge in [0.05, 0.1) is 0 Å². The van der Waals surface area contributed by atoms with E-state index in [1.807, 2.05) is 0 Å². The summed E-state index contributed by atoms with van der Waals surface area (Å²) in [4.78, 5) is 2.16. The summed E-state index contributed by atoms with van der Waals surface area (Å²) >= 11 is 0. The van der Waals surface area contributed by atoms with E-state index < -0.39 is 0 Å². The highest BCUT2D eigenvalue weighted by Crippen LogP contribution is 2.05. The average molecular weight is 125 g/mol. The Morgan fingerprint density at radius 2 is 2.56 bits per heavy atom. The number of nitrogens with zero attached hydrogens (tertiary/aromatic N) is 2. The van der Waals surface area contributed by atoms with E-state index in [0.29, 0.717) is 0 Å². The molecule has 1 radical (unpaired) electrons. The van der Waals surface area contributed by atoms with Crippen LogP contribution in [-0.4, -0.2) is 25.0 Å². The minimum absolute atomic E-state index is 0.986. The van der Waals surface area contributed by atoms with Gasteiger partial charge in [-0.15, -0.1) is 0 Å². The van der Waals surface area contributed by atoms with Gasteiger partial charge in [-0.25, -0.2) is 0 Å². The molecule has 0 aromatic heterocycles. The molecule has 1 aliphatic rings. The zero-order valence-corrected chi connectivity index (χ0v) is 6.09. The normalized spacial score (nSPS) is 16.9. The van der Waals surface area contributed by atoms with Gasteiger partial charge in [-0.1, -0.05) is 0 Å². The van der Waals surface area contributed by atoms with Gasteiger partial charge in [0.2, 0.25) is 0 Å². The Kier molecular flexibility index (Phi) is 1.98. The van der Waals surface area contributed by atoms with E-state index in [9.17, 15) is 0 Å². The van der Waals surface area contributed by atoms with E-state index in [0.717, 1.165) is 25.3 Å². The van der Waals surface area contributed by atoms with Crippen LogP contribution >= 0.6 is 0 Å². The van der Waals surface area contributed by atoms with Crippen molar-refractivity contribution in [2.45, 2.75) is 13.3 Å². The third kappa shape index (κ3) is 1.37. The molecule has 1 heterocycles. The molecule has 0 spiro atoms. The van der Waals surface area contributed by atoms with Gasteiger partial charge in [0.1, 0.15) is 5.82 Å². The fourth-order valence-corrected chi connectivity index (χ4v) is 0.876. The Bertz CT molecular complexity index is 118. The molecule has 0 fully saturated rings. The topological polar surface area (TPSA) is 17.3 Å². The average Bonchev–Trinajstić information content (AvgIpc) is 2.37. The lowest BCUT2D eigenvalue weighted by Crippen LogP contribution is -2.21. The Morgan fingerprint density at radius 3 is 3.00 bits per heavy atom. The Hall–Kier alpha value is -0.660. The second kappa shape index (κ2) is 2.76. The molecule has 0 amide bonds. The molecule has 0 N–H and O–H groups in total. The summed E-state index contributed by atoms with van der Waals surface area (Å²) in [6.45, 7) is 4.17. The summed E-state index contributed by atoms with van der Waals surface area (Å²) in [6.07, 6.45) is 3.31. The van der Waals surface area contributed by atoms with E-state index in [2.05, 4.69) is 30.3 Å². The predicted molar refractivity (Wildman–Crippen MR) is 38.0 cm³/mol. The molecule has 2 heteroatoms. The fraction of sp³-hybridized carbons (Fsp3) is 0.714. The summed E-state index contributed by atoms with van der Waals surface area (Å²) in [6, 6.07) is 0. The summed E-state index contributed by atoms with van der Waals surface area (Å²) in [5.74, 6) is 1.16. The van der Waals surface area contributed by atoms with Gasteiger partial charge in [0.25, 0.3) is 0 Å². The Labute approximate surface area is 56.5 Å². The lowest BCUT2D eigenvalue weighted by molar-refractivity contribution is 0.413. The van der Waals surface area contributed by atoms with E-state index >= 15 is 0 Å². The van der Waals surface area contributed by atoms with Crippen LogP contribution in [0.25, 0.3) is 0 Å². The van der Waals surface area contributed by atoms with E-state index in [1.54, 1.807) is 0 Å². The number of hydrogen-bond acceptors (Lipinski definition) is 1. The summed E-state index contributed by atoms with van der Waals surface area (Å²) in [7, 11) is 2.07. The van der Waals surface area contributed by atoms with Crippen molar-refractivity contribution in [2.24, 2.45) is 0 Å². The minimum atomic E-state index is 0.986. The van der Waals surface area contributed by atoms with Crippen molar-refractivity contribution in [2.75, 3.05) is 20.1 Å². The minimum Gasteiger partial charge on any atom is -0.361 e. The number of rotatable bonds is 2. The molecule has 0 atom stereocenters. The van der Waals surface area contributed by atoms with Crippen molar-refractivity contribution in [1.82, 2.24) is 10.2 Å². The molecule has 0 aromatic carbocycles. The zero-order chi connectivity index (χ0) is 6.69. The first-order chi connectivity index (χ1) is 4.34. The lowest BCUT2D eigenvalue weighted by Gasteiger charge is -2.16. The highest BCUT2D eigenvalue weighted by molar-refractivity contribution is 5.03. The van der Waals surface area contributed by atoms with Crippen LogP contribution in [0.5, 0.6) is 0 Å².